The molecule has 0 aliphatic rings. The summed E-state index contributed by atoms with van der Waals surface area (Å²) in [6.07, 6.45) is 3.61. The summed E-state index contributed by atoms with van der Waals surface area (Å²) in [5.41, 5.74) is 4.44. The second-order valence-electron chi connectivity index (χ2n) is 7.46. The molecule has 0 saturated carbocycles. The van der Waals surface area contributed by atoms with Crippen LogP contribution in [0.25, 0.3) is 0 Å². The molecule has 0 aliphatic heterocycles. The Bertz CT molecular complexity index is 1240. The van der Waals surface area contributed by atoms with Gasteiger partial charge in [0.2, 0.25) is 0 Å². The molecule has 0 fully saturated rings. The molecule has 0 spiro atoms. The highest BCUT2D eigenvalue weighted by Crippen LogP contribution is 2.21. The Labute approximate surface area is 196 Å². The van der Waals surface area contributed by atoms with Gasteiger partial charge in [-0.25, -0.2) is 4.39 Å². The number of aryl methyl sites for hydroxylation is 2. The van der Waals surface area contributed by atoms with Gasteiger partial charge in [-0.3, -0.25) is 9.36 Å². The molecule has 2 aromatic carbocycles. The maximum atomic E-state index is 14.1. The Hall–Kier alpha value is -3.23. The van der Waals surface area contributed by atoms with Crippen LogP contribution in [0, 0.1) is 19.7 Å². The number of rotatable bonds is 6. The van der Waals surface area contributed by atoms with Crippen molar-refractivity contribution >= 4 is 40.4 Å². The molecule has 4 aromatic rings. The number of aromatic nitrogens is 4. The van der Waals surface area contributed by atoms with Crippen molar-refractivity contribution in [1.82, 2.24) is 19.6 Å². The van der Waals surface area contributed by atoms with Crippen molar-refractivity contribution in [3.63, 3.8) is 0 Å². The minimum absolute atomic E-state index is 0.227. The first-order chi connectivity index (χ1) is 15.4. The van der Waals surface area contributed by atoms with Gasteiger partial charge in [0.05, 0.1) is 25.0 Å². The minimum Gasteiger partial charge on any atom is -0.330 e. The average Bonchev–Trinajstić information content (AvgIpc) is 3.32. The van der Waals surface area contributed by atoms with Crippen molar-refractivity contribution in [3.05, 3.63) is 94.1 Å². The van der Waals surface area contributed by atoms with Crippen molar-refractivity contribution < 1.29 is 4.39 Å². The predicted molar refractivity (Wildman–Crippen MR) is 130 cm³/mol. The number of thiocarbonyl (C=S) groups is 1. The number of hydrogen-bond acceptors (Lipinski definition) is 3. The molecule has 2 N–H and O–H groups in total. The lowest BCUT2D eigenvalue weighted by Gasteiger charge is -2.08. The number of anilines is 2. The van der Waals surface area contributed by atoms with E-state index in [9.17, 15) is 4.39 Å². The Morgan fingerprint density at radius 2 is 1.91 bits per heavy atom. The summed E-state index contributed by atoms with van der Waals surface area (Å²) in [6.45, 7) is 4.87. The monoisotopic (exact) mass is 468 g/mol. The standard InChI is InChI=1S/C23H22ClFN6S/c1-15-6-3-4-7-17(15)12-30-13-18(11-26-30)27-23(32)28-22-10-16(2)31(29-22)14-19-20(24)8-5-9-21(19)25/h3-11,13H,12,14H2,1-2H3,(H2,27,28,29,32). The van der Waals surface area contributed by atoms with Crippen LogP contribution in [0.15, 0.2) is 60.9 Å². The Morgan fingerprint density at radius 1 is 1.09 bits per heavy atom. The maximum Gasteiger partial charge on any atom is 0.176 e. The van der Waals surface area contributed by atoms with Crippen LogP contribution in [0.4, 0.5) is 15.9 Å². The molecule has 0 atom stereocenters. The van der Waals surface area contributed by atoms with Crippen molar-refractivity contribution in [2.45, 2.75) is 26.9 Å². The summed E-state index contributed by atoms with van der Waals surface area (Å²) < 4.78 is 17.6. The van der Waals surface area contributed by atoms with Gasteiger partial charge in [0.1, 0.15) is 5.82 Å². The molecule has 9 heteroatoms. The Balaban J connectivity index is 1.38. The first-order valence-electron chi connectivity index (χ1n) is 10.0. The van der Waals surface area contributed by atoms with E-state index in [0.717, 1.165) is 11.4 Å². The number of benzene rings is 2. The summed E-state index contributed by atoms with van der Waals surface area (Å²) in [4.78, 5) is 0. The van der Waals surface area contributed by atoms with Crippen molar-refractivity contribution in [2.75, 3.05) is 10.6 Å². The number of hydrogen-bond donors (Lipinski definition) is 2. The molecule has 0 bridgehead atoms. The second kappa shape index (κ2) is 9.50. The van der Waals surface area contributed by atoms with Crippen LogP contribution in [-0.2, 0) is 13.1 Å². The quantitative estimate of drug-likeness (QED) is 0.371. The van der Waals surface area contributed by atoms with Gasteiger partial charge in [-0.05, 0) is 49.3 Å². The summed E-state index contributed by atoms with van der Waals surface area (Å²) in [7, 11) is 0. The molecule has 2 heterocycles. The summed E-state index contributed by atoms with van der Waals surface area (Å²) >= 11 is 11.6. The lowest BCUT2D eigenvalue weighted by molar-refractivity contribution is 0.581. The zero-order valence-electron chi connectivity index (χ0n) is 17.6. The molecule has 6 nitrogen and oxygen atoms in total. The lowest BCUT2D eigenvalue weighted by Crippen LogP contribution is -2.19. The van der Waals surface area contributed by atoms with Gasteiger partial charge < -0.3 is 10.6 Å². The third kappa shape index (κ3) is 5.15. The summed E-state index contributed by atoms with van der Waals surface area (Å²) in [5.74, 6) is 0.196. The molecule has 4 rings (SSSR count). The normalized spacial score (nSPS) is 10.9. The largest absolute Gasteiger partial charge is 0.330 e. The number of halogens is 2. The summed E-state index contributed by atoms with van der Waals surface area (Å²) in [6, 6.07) is 14.7. The molecule has 164 valence electrons. The molecular formula is C23H22ClFN6S. The van der Waals surface area contributed by atoms with Crippen LogP contribution in [0.5, 0.6) is 0 Å². The molecule has 0 radical (unpaired) electrons. The summed E-state index contributed by atoms with van der Waals surface area (Å²) in [5, 5.41) is 15.8. The molecule has 0 amide bonds. The highest BCUT2D eigenvalue weighted by atomic mass is 35.5. The molecule has 0 aliphatic carbocycles. The fourth-order valence-electron chi connectivity index (χ4n) is 3.32. The fourth-order valence-corrected chi connectivity index (χ4v) is 3.76. The molecule has 32 heavy (non-hydrogen) atoms. The van der Waals surface area contributed by atoms with Crippen LogP contribution in [-0.4, -0.2) is 24.7 Å². The highest BCUT2D eigenvalue weighted by molar-refractivity contribution is 7.80. The maximum absolute atomic E-state index is 14.1. The van der Waals surface area contributed by atoms with Crippen molar-refractivity contribution in [2.24, 2.45) is 0 Å². The van der Waals surface area contributed by atoms with Crippen molar-refractivity contribution in [1.29, 1.82) is 0 Å². The predicted octanol–water partition coefficient (Wildman–Crippen LogP) is 5.39. The van der Waals surface area contributed by atoms with E-state index in [-0.39, 0.29) is 12.4 Å². The van der Waals surface area contributed by atoms with E-state index in [0.29, 0.717) is 28.1 Å². The van der Waals surface area contributed by atoms with E-state index in [1.807, 2.05) is 36.0 Å². The van der Waals surface area contributed by atoms with Crippen molar-refractivity contribution in [3.8, 4) is 0 Å². The lowest BCUT2D eigenvalue weighted by atomic mass is 10.1. The van der Waals surface area contributed by atoms with E-state index < -0.39 is 0 Å². The molecule has 0 unspecified atom stereocenters. The van der Waals surface area contributed by atoms with E-state index in [1.54, 1.807) is 23.0 Å². The zero-order chi connectivity index (χ0) is 22.7. The van der Waals surface area contributed by atoms with Crippen LogP contribution < -0.4 is 10.6 Å². The second-order valence-corrected chi connectivity index (χ2v) is 8.28. The number of nitrogens with zero attached hydrogens (tertiary/aromatic N) is 4. The van der Waals surface area contributed by atoms with Gasteiger partial charge in [-0.15, -0.1) is 0 Å². The highest BCUT2D eigenvalue weighted by Gasteiger charge is 2.12. The van der Waals surface area contributed by atoms with Gasteiger partial charge in [0.25, 0.3) is 0 Å². The van der Waals surface area contributed by atoms with E-state index in [2.05, 4.69) is 39.9 Å². The molecule has 2 aromatic heterocycles. The van der Waals surface area contributed by atoms with Gasteiger partial charge in [0.15, 0.2) is 10.9 Å². The molecule has 0 saturated heterocycles. The Morgan fingerprint density at radius 3 is 2.69 bits per heavy atom. The first-order valence-corrected chi connectivity index (χ1v) is 10.8. The van der Waals surface area contributed by atoms with Crippen LogP contribution >= 0.6 is 23.8 Å². The SMILES string of the molecule is Cc1ccccc1Cn1cc(NC(=S)Nc2cc(C)n(Cc3c(F)cccc3Cl)n2)cn1. The third-order valence-corrected chi connectivity index (χ3v) is 5.64. The van der Waals surface area contributed by atoms with Crippen LogP contribution in [0.2, 0.25) is 5.02 Å². The smallest absolute Gasteiger partial charge is 0.176 e. The van der Waals surface area contributed by atoms with Crippen LogP contribution in [0.3, 0.4) is 0 Å². The Kier molecular flexibility index (Phi) is 6.53. The first kappa shape index (κ1) is 22.0. The zero-order valence-corrected chi connectivity index (χ0v) is 19.2. The third-order valence-electron chi connectivity index (χ3n) is 5.08. The van der Waals surface area contributed by atoms with Gasteiger partial charge in [-0.2, -0.15) is 10.2 Å². The van der Waals surface area contributed by atoms with Gasteiger partial charge >= 0.3 is 0 Å². The number of nitrogens with one attached hydrogen (secondary N) is 2. The average molecular weight is 469 g/mol. The van der Waals surface area contributed by atoms with Gasteiger partial charge in [0, 0.05) is 28.5 Å². The molecular weight excluding hydrogens is 447 g/mol. The van der Waals surface area contributed by atoms with E-state index >= 15 is 0 Å². The topological polar surface area (TPSA) is 59.7 Å². The van der Waals surface area contributed by atoms with Gasteiger partial charge in [-0.1, -0.05) is 41.9 Å². The van der Waals surface area contributed by atoms with E-state index in [4.69, 9.17) is 23.8 Å². The van der Waals surface area contributed by atoms with Crippen LogP contribution in [0.1, 0.15) is 22.4 Å². The fraction of sp³-hybridized carbons (Fsp3) is 0.174. The minimum atomic E-state index is -0.359. The van der Waals surface area contributed by atoms with E-state index in [1.165, 1.54) is 17.2 Å².